The summed E-state index contributed by atoms with van der Waals surface area (Å²) in [6, 6.07) is 5.89. The number of hydrogen-bond acceptors (Lipinski definition) is 5. The Bertz CT molecular complexity index is 866. The summed E-state index contributed by atoms with van der Waals surface area (Å²) >= 11 is 0. The third-order valence-corrected chi connectivity index (χ3v) is 3.84. The van der Waals surface area contributed by atoms with Gasteiger partial charge in [0, 0.05) is 34.5 Å². The Balaban J connectivity index is 2.74. The summed E-state index contributed by atoms with van der Waals surface area (Å²) in [6.07, 6.45) is 1.44. The Morgan fingerprint density at radius 1 is 1.00 bits per heavy atom. The highest BCUT2D eigenvalue weighted by Crippen LogP contribution is 2.33. The number of nitrogens with zero attached hydrogens (tertiary/aromatic N) is 3. The van der Waals surface area contributed by atoms with E-state index in [9.17, 15) is 19.7 Å². The first-order valence-corrected chi connectivity index (χ1v) is 8.26. The molecule has 26 heavy (non-hydrogen) atoms. The number of carbonyl (C=O) groups excluding carboxylic acids is 2. The van der Waals surface area contributed by atoms with Crippen molar-refractivity contribution in [1.82, 2.24) is 4.98 Å². The van der Waals surface area contributed by atoms with E-state index in [2.05, 4.69) is 4.98 Å². The molecule has 138 valence electrons. The molecule has 7 heteroatoms. The van der Waals surface area contributed by atoms with Crippen molar-refractivity contribution in [3.63, 3.8) is 0 Å². The van der Waals surface area contributed by atoms with Gasteiger partial charge in [-0.05, 0) is 17.5 Å². The molecule has 2 aromatic rings. The number of hydrogen-bond donors (Lipinski definition) is 0. The second-order valence-electron chi connectivity index (χ2n) is 8.24. The molecule has 1 aromatic heterocycles. The molecule has 0 unspecified atom stereocenters. The number of imide groups is 1. The summed E-state index contributed by atoms with van der Waals surface area (Å²) in [5.74, 6) is -0.566. The normalized spacial score (nSPS) is 12.1. The molecule has 7 nitrogen and oxygen atoms in total. The van der Waals surface area contributed by atoms with Crippen LogP contribution in [0.2, 0.25) is 0 Å². The van der Waals surface area contributed by atoms with Gasteiger partial charge in [0.25, 0.3) is 5.69 Å². The Morgan fingerprint density at radius 3 is 2.00 bits per heavy atom. The van der Waals surface area contributed by atoms with Crippen LogP contribution in [-0.2, 0) is 9.59 Å². The standard InChI is InChI=1S/C19H23N3O4/c1-18(2,3)16(23)21(17(24)19(4,5)6)15-14-8-7-13(22(25)26)11-12(14)9-10-20-15/h7-11H,1-6H3. The SMILES string of the molecule is CC(C)(C)C(=O)N(C(=O)C(C)(C)C)c1nccc2cc([N+](=O)[O-])ccc12. The first-order valence-electron chi connectivity index (χ1n) is 8.26. The van der Waals surface area contributed by atoms with Crippen molar-refractivity contribution < 1.29 is 14.5 Å². The van der Waals surface area contributed by atoms with Crippen LogP contribution in [0.25, 0.3) is 10.8 Å². The molecule has 0 aliphatic carbocycles. The van der Waals surface area contributed by atoms with Gasteiger partial charge in [0.15, 0.2) is 0 Å². The van der Waals surface area contributed by atoms with Crippen LogP contribution >= 0.6 is 0 Å². The number of rotatable bonds is 2. The van der Waals surface area contributed by atoms with Gasteiger partial charge in [-0.25, -0.2) is 9.88 Å². The molecule has 0 atom stereocenters. The maximum atomic E-state index is 13.0. The number of amides is 2. The van der Waals surface area contributed by atoms with Crippen LogP contribution in [0.3, 0.4) is 0 Å². The summed E-state index contributed by atoms with van der Waals surface area (Å²) in [7, 11) is 0. The fourth-order valence-corrected chi connectivity index (χ4v) is 2.40. The number of aromatic nitrogens is 1. The lowest BCUT2D eigenvalue weighted by Crippen LogP contribution is -2.48. The summed E-state index contributed by atoms with van der Waals surface area (Å²) < 4.78 is 0. The number of anilines is 1. The zero-order valence-corrected chi connectivity index (χ0v) is 15.9. The van der Waals surface area contributed by atoms with Crippen LogP contribution in [0.15, 0.2) is 30.5 Å². The smallest absolute Gasteiger partial charge is 0.270 e. The van der Waals surface area contributed by atoms with Gasteiger partial charge in [-0.3, -0.25) is 19.7 Å². The average molecular weight is 357 g/mol. The highest BCUT2D eigenvalue weighted by atomic mass is 16.6. The van der Waals surface area contributed by atoms with Gasteiger partial charge >= 0.3 is 0 Å². The van der Waals surface area contributed by atoms with Crippen molar-refractivity contribution in [3.8, 4) is 0 Å². The Morgan fingerprint density at radius 2 is 1.54 bits per heavy atom. The largest absolute Gasteiger partial charge is 0.273 e. The van der Waals surface area contributed by atoms with Crippen molar-refractivity contribution in [2.75, 3.05) is 4.90 Å². The maximum absolute atomic E-state index is 13.0. The number of nitro benzene ring substituents is 1. The lowest BCUT2D eigenvalue weighted by molar-refractivity contribution is -0.384. The number of non-ortho nitro benzene ring substituents is 1. The number of nitro groups is 1. The molecule has 0 fully saturated rings. The molecule has 0 aliphatic rings. The molecular formula is C19H23N3O4. The second kappa shape index (κ2) is 6.48. The molecule has 0 radical (unpaired) electrons. The maximum Gasteiger partial charge on any atom is 0.270 e. The molecule has 0 saturated heterocycles. The van der Waals surface area contributed by atoms with Crippen molar-refractivity contribution in [2.45, 2.75) is 41.5 Å². The number of pyridine rings is 1. The minimum atomic E-state index is -0.800. The van der Waals surface area contributed by atoms with Crippen molar-refractivity contribution in [3.05, 3.63) is 40.6 Å². The van der Waals surface area contributed by atoms with Crippen LogP contribution in [0.1, 0.15) is 41.5 Å². The van der Waals surface area contributed by atoms with Crippen LogP contribution in [0.5, 0.6) is 0 Å². The van der Waals surface area contributed by atoms with E-state index in [0.717, 1.165) is 4.90 Å². The number of benzene rings is 1. The summed E-state index contributed by atoms with van der Waals surface area (Å²) in [4.78, 5) is 42.0. The highest BCUT2D eigenvalue weighted by Gasteiger charge is 2.39. The van der Waals surface area contributed by atoms with E-state index in [-0.39, 0.29) is 23.3 Å². The quantitative estimate of drug-likeness (QED) is 0.596. The minimum Gasteiger partial charge on any atom is -0.273 e. The number of carbonyl (C=O) groups is 2. The van der Waals surface area contributed by atoms with Crippen LogP contribution < -0.4 is 4.90 Å². The van der Waals surface area contributed by atoms with E-state index in [0.29, 0.717) is 10.8 Å². The van der Waals surface area contributed by atoms with Crippen molar-refractivity contribution >= 4 is 34.1 Å². The van der Waals surface area contributed by atoms with Gasteiger partial charge in [0.05, 0.1) is 4.92 Å². The monoisotopic (exact) mass is 357 g/mol. The molecular weight excluding hydrogens is 334 g/mol. The van der Waals surface area contributed by atoms with Gasteiger partial charge in [0.2, 0.25) is 11.8 Å². The molecule has 0 spiro atoms. The first-order chi connectivity index (χ1) is 11.8. The summed E-state index contributed by atoms with van der Waals surface area (Å²) in [5.41, 5.74) is -1.66. The highest BCUT2D eigenvalue weighted by molar-refractivity contribution is 6.20. The Kier molecular flexibility index (Phi) is 4.86. The van der Waals surface area contributed by atoms with Gasteiger partial charge in [-0.1, -0.05) is 41.5 Å². The second-order valence-corrected chi connectivity index (χ2v) is 8.24. The predicted octanol–water partition coefficient (Wildman–Crippen LogP) is 4.09. The van der Waals surface area contributed by atoms with Gasteiger partial charge in [-0.15, -0.1) is 0 Å². The zero-order valence-electron chi connectivity index (χ0n) is 15.9. The Labute approximate surface area is 152 Å². The van der Waals surface area contributed by atoms with Crippen LogP contribution in [0.4, 0.5) is 11.5 Å². The molecule has 1 heterocycles. The molecule has 0 aliphatic heterocycles. The molecule has 0 bridgehead atoms. The van der Waals surface area contributed by atoms with E-state index in [1.165, 1.54) is 24.4 Å². The van der Waals surface area contributed by atoms with Gasteiger partial charge < -0.3 is 0 Å². The van der Waals surface area contributed by atoms with Gasteiger partial charge in [0.1, 0.15) is 5.82 Å². The lowest BCUT2D eigenvalue weighted by atomic mass is 9.90. The molecule has 1 aromatic carbocycles. The average Bonchev–Trinajstić information content (AvgIpc) is 2.52. The molecule has 0 saturated carbocycles. The summed E-state index contributed by atoms with van der Waals surface area (Å²) in [5, 5.41) is 12.1. The molecule has 0 N–H and O–H groups in total. The van der Waals surface area contributed by atoms with E-state index in [1.807, 2.05) is 0 Å². The Hall–Kier alpha value is -2.83. The first kappa shape index (κ1) is 19.5. The number of fused-ring (bicyclic) bond motifs is 1. The molecule has 2 rings (SSSR count). The fourth-order valence-electron chi connectivity index (χ4n) is 2.40. The fraction of sp³-hybridized carbons (Fsp3) is 0.421. The lowest BCUT2D eigenvalue weighted by Gasteiger charge is -2.32. The third kappa shape index (κ3) is 3.71. The van der Waals surface area contributed by atoms with E-state index < -0.39 is 15.8 Å². The third-order valence-electron chi connectivity index (χ3n) is 3.84. The van der Waals surface area contributed by atoms with E-state index in [1.54, 1.807) is 47.6 Å². The molecule has 2 amide bonds. The topological polar surface area (TPSA) is 93.4 Å². The minimum absolute atomic E-state index is 0.0644. The van der Waals surface area contributed by atoms with E-state index >= 15 is 0 Å². The zero-order chi connectivity index (χ0) is 19.9. The van der Waals surface area contributed by atoms with Gasteiger partial charge in [-0.2, -0.15) is 0 Å². The van der Waals surface area contributed by atoms with Crippen molar-refractivity contribution in [2.24, 2.45) is 10.8 Å². The predicted molar refractivity (Wildman–Crippen MR) is 99.8 cm³/mol. The van der Waals surface area contributed by atoms with Crippen molar-refractivity contribution in [1.29, 1.82) is 0 Å². The van der Waals surface area contributed by atoms with E-state index in [4.69, 9.17) is 0 Å². The van der Waals surface area contributed by atoms with Crippen LogP contribution in [0, 0.1) is 20.9 Å². The summed E-state index contributed by atoms with van der Waals surface area (Å²) in [6.45, 7) is 10.4. The van der Waals surface area contributed by atoms with Crippen LogP contribution in [-0.4, -0.2) is 21.7 Å².